The Balaban J connectivity index is 1.70. The van der Waals surface area contributed by atoms with Crippen molar-refractivity contribution >= 4 is 50.8 Å². The third kappa shape index (κ3) is 6.77. The zero-order valence-corrected chi connectivity index (χ0v) is 18.7. The predicted octanol–water partition coefficient (Wildman–Crippen LogP) is 5.58. The van der Waals surface area contributed by atoms with Gasteiger partial charge in [0.2, 0.25) is 0 Å². The maximum atomic E-state index is 12.7. The Morgan fingerprint density at radius 1 is 0.839 bits per heavy atom. The third-order valence-corrected chi connectivity index (χ3v) is 5.25. The number of ketones is 2. The van der Waals surface area contributed by atoms with Crippen molar-refractivity contribution in [1.82, 2.24) is 0 Å². The second-order valence-corrected chi connectivity index (χ2v) is 8.09. The Bertz CT molecular complexity index is 1050. The van der Waals surface area contributed by atoms with E-state index in [1.807, 2.05) is 6.07 Å². The molecule has 0 amide bonds. The SMILES string of the molecule is O=C(COC(=O)C(CC(=O)c1ccccc1)Nc1ccc(Cl)cc1)c1ccc(Br)cc1. The summed E-state index contributed by atoms with van der Waals surface area (Å²) in [5, 5.41) is 3.55. The summed E-state index contributed by atoms with van der Waals surface area (Å²) in [5.74, 6) is -1.24. The van der Waals surface area contributed by atoms with Gasteiger partial charge in [0.15, 0.2) is 18.2 Å². The van der Waals surface area contributed by atoms with E-state index in [9.17, 15) is 14.4 Å². The molecule has 0 aliphatic rings. The number of Topliss-reactive ketones (excluding diaryl/α,β-unsaturated/α-hetero) is 2. The Kier molecular flexibility index (Phi) is 7.98. The molecule has 3 aromatic carbocycles. The molecule has 158 valence electrons. The summed E-state index contributed by atoms with van der Waals surface area (Å²) in [4.78, 5) is 37.7. The van der Waals surface area contributed by atoms with Crippen LogP contribution in [0, 0.1) is 0 Å². The Hall–Kier alpha value is -2.96. The molecule has 3 rings (SSSR count). The van der Waals surface area contributed by atoms with E-state index in [1.54, 1.807) is 72.8 Å². The van der Waals surface area contributed by atoms with E-state index in [0.29, 0.717) is 21.8 Å². The van der Waals surface area contributed by atoms with Crippen molar-refractivity contribution in [1.29, 1.82) is 0 Å². The predicted molar refractivity (Wildman–Crippen MR) is 124 cm³/mol. The lowest BCUT2D eigenvalue weighted by atomic mass is 10.0. The van der Waals surface area contributed by atoms with Crippen LogP contribution in [0.4, 0.5) is 5.69 Å². The van der Waals surface area contributed by atoms with Crippen LogP contribution in [0.15, 0.2) is 83.3 Å². The fourth-order valence-corrected chi connectivity index (χ4v) is 3.21. The van der Waals surface area contributed by atoms with Crippen LogP contribution in [-0.2, 0) is 9.53 Å². The molecule has 1 N–H and O–H groups in total. The molecule has 31 heavy (non-hydrogen) atoms. The fraction of sp³-hybridized carbons (Fsp3) is 0.125. The highest BCUT2D eigenvalue weighted by Gasteiger charge is 2.25. The maximum Gasteiger partial charge on any atom is 0.329 e. The van der Waals surface area contributed by atoms with Gasteiger partial charge in [-0.15, -0.1) is 0 Å². The van der Waals surface area contributed by atoms with E-state index in [4.69, 9.17) is 16.3 Å². The molecule has 0 saturated heterocycles. The second kappa shape index (κ2) is 10.9. The summed E-state index contributed by atoms with van der Waals surface area (Å²) in [6.45, 7) is -0.418. The van der Waals surface area contributed by atoms with Crippen LogP contribution >= 0.6 is 27.5 Å². The molecule has 0 saturated carbocycles. The second-order valence-electron chi connectivity index (χ2n) is 6.73. The molecular weight excluding hydrogens is 482 g/mol. The highest BCUT2D eigenvalue weighted by molar-refractivity contribution is 9.10. The highest BCUT2D eigenvalue weighted by Crippen LogP contribution is 2.17. The molecule has 7 heteroatoms. The monoisotopic (exact) mass is 499 g/mol. The van der Waals surface area contributed by atoms with Crippen molar-refractivity contribution in [2.45, 2.75) is 12.5 Å². The van der Waals surface area contributed by atoms with Gasteiger partial charge in [-0.3, -0.25) is 9.59 Å². The van der Waals surface area contributed by atoms with E-state index in [1.165, 1.54) is 0 Å². The lowest BCUT2D eigenvalue weighted by Gasteiger charge is -2.18. The van der Waals surface area contributed by atoms with Gasteiger partial charge in [0, 0.05) is 32.7 Å². The molecule has 0 radical (unpaired) electrons. The van der Waals surface area contributed by atoms with Gasteiger partial charge in [0.05, 0.1) is 0 Å². The number of carbonyl (C=O) groups is 3. The summed E-state index contributed by atoms with van der Waals surface area (Å²) in [5.41, 5.74) is 1.52. The molecule has 1 unspecified atom stereocenters. The van der Waals surface area contributed by atoms with E-state index >= 15 is 0 Å². The minimum atomic E-state index is -0.966. The van der Waals surface area contributed by atoms with Crippen LogP contribution in [0.1, 0.15) is 27.1 Å². The van der Waals surface area contributed by atoms with Crippen LogP contribution in [0.2, 0.25) is 5.02 Å². The topological polar surface area (TPSA) is 72.5 Å². The molecule has 0 spiro atoms. The van der Waals surface area contributed by atoms with E-state index in [2.05, 4.69) is 21.2 Å². The summed E-state index contributed by atoms with van der Waals surface area (Å²) < 4.78 is 6.08. The summed E-state index contributed by atoms with van der Waals surface area (Å²) in [6, 6.07) is 21.2. The van der Waals surface area contributed by atoms with Gasteiger partial charge in [-0.2, -0.15) is 0 Å². The van der Waals surface area contributed by atoms with Gasteiger partial charge < -0.3 is 10.1 Å². The molecule has 0 aliphatic carbocycles. The van der Waals surface area contributed by atoms with Gasteiger partial charge in [-0.1, -0.05) is 70.0 Å². The third-order valence-electron chi connectivity index (χ3n) is 4.47. The number of benzene rings is 3. The maximum absolute atomic E-state index is 12.7. The van der Waals surface area contributed by atoms with Crippen molar-refractivity contribution in [2.75, 3.05) is 11.9 Å². The summed E-state index contributed by atoms with van der Waals surface area (Å²) in [7, 11) is 0. The van der Waals surface area contributed by atoms with Crippen molar-refractivity contribution in [3.63, 3.8) is 0 Å². The minimum absolute atomic E-state index is 0.127. The number of ether oxygens (including phenoxy) is 1. The van der Waals surface area contributed by atoms with Gasteiger partial charge in [0.25, 0.3) is 0 Å². The first-order valence-corrected chi connectivity index (χ1v) is 10.7. The van der Waals surface area contributed by atoms with E-state index in [0.717, 1.165) is 4.47 Å². The molecular formula is C24H19BrClNO4. The molecule has 0 aliphatic heterocycles. The van der Waals surface area contributed by atoms with Crippen molar-refractivity contribution in [3.8, 4) is 0 Å². The number of hydrogen-bond donors (Lipinski definition) is 1. The fourth-order valence-electron chi connectivity index (χ4n) is 2.82. The lowest BCUT2D eigenvalue weighted by molar-refractivity contribution is -0.143. The first kappa shape index (κ1) is 22.7. The number of hydrogen-bond acceptors (Lipinski definition) is 5. The average Bonchev–Trinajstić information content (AvgIpc) is 2.79. The number of nitrogens with one attached hydrogen (secondary N) is 1. The number of halogens is 2. The largest absolute Gasteiger partial charge is 0.456 e. The van der Waals surface area contributed by atoms with Crippen LogP contribution < -0.4 is 5.32 Å². The van der Waals surface area contributed by atoms with Gasteiger partial charge in [-0.25, -0.2) is 4.79 Å². The lowest BCUT2D eigenvalue weighted by Crippen LogP contribution is -2.34. The van der Waals surface area contributed by atoms with Crippen LogP contribution in [0.3, 0.4) is 0 Å². The van der Waals surface area contributed by atoms with Crippen molar-refractivity contribution in [2.24, 2.45) is 0 Å². The first-order chi connectivity index (χ1) is 14.9. The molecule has 0 fully saturated rings. The van der Waals surface area contributed by atoms with Crippen molar-refractivity contribution in [3.05, 3.63) is 99.5 Å². The van der Waals surface area contributed by atoms with Crippen LogP contribution in [0.5, 0.6) is 0 Å². The number of carbonyl (C=O) groups excluding carboxylic acids is 3. The average molecular weight is 501 g/mol. The first-order valence-electron chi connectivity index (χ1n) is 9.48. The Labute approximate surface area is 193 Å². The highest BCUT2D eigenvalue weighted by atomic mass is 79.9. The molecule has 0 heterocycles. The zero-order chi connectivity index (χ0) is 22.2. The Morgan fingerprint density at radius 3 is 2.10 bits per heavy atom. The van der Waals surface area contributed by atoms with Crippen LogP contribution in [-0.4, -0.2) is 30.2 Å². The summed E-state index contributed by atoms with van der Waals surface area (Å²) >= 11 is 9.22. The molecule has 0 bridgehead atoms. The molecule has 0 aromatic heterocycles. The Morgan fingerprint density at radius 2 is 1.45 bits per heavy atom. The minimum Gasteiger partial charge on any atom is -0.456 e. The van der Waals surface area contributed by atoms with Gasteiger partial charge in [-0.05, 0) is 36.4 Å². The molecule has 1 atom stereocenters. The van der Waals surface area contributed by atoms with E-state index < -0.39 is 18.6 Å². The van der Waals surface area contributed by atoms with Crippen LogP contribution in [0.25, 0.3) is 0 Å². The number of rotatable bonds is 9. The van der Waals surface area contributed by atoms with E-state index in [-0.39, 0.29) is 18.0 Å². The van der Waals surface area contributed by atoms with Crippen molar-refractivity contribution < 1.29 is 19.1 Å². The summed E-state index contributed by atoms with van der Waals surface area (Å²) in [6.07, 6.45) is -0.127. The quantitative estimate of drug-likeness (QED) is 0.307. The van der Waals surface area contributed by atoms with Gasteiger partial charge >= 0.3 is 5.97 Å². The molecule has 3 aromatic rings. The van der Waals surface area contributed by atoms with Gasteiger partial charge in [0.1, 0.15) is 6.04 Å². The number of anilines is 1. The smallest absolute Gasteiger partial charge is 0.329 e. The zero-order valence-electron chi connectivity index (χ0n) is 16.4. The molecule has 5 nitrogen and oxygen atoms in total. The number of esters is 1. The normalized spacial score (nSPS) is 11.4. The standard InChI is InChI=1S/C24H19BrClNO4/c25-18-8-6-17(7-9-18)23(29)15-31-24(30)21(27-20-12-10-19(26)11-13-20)14-22(28)16-4-2-1-3-5-16/h1-13,21,27H,14-15H2.